The van der Waals surface area contributed by atoms with Crippen LogP contribution in [0.4, 0.5) is 39.5 Å². The first-order valence-corrected chi connectivity index (χ1v) is 11.5. The SMILES string of the molecule is CC(C(OC=O)c1cc(C(F)(F)F)cc(C(F)(F)F)c1)N(C)Cc1cc(C(F)(F)F)ccc1C#CC(C)(C)C. The normalized spacial score (nSPS) is 14.4. The third-order valence-electron chi connectivity index (χ3n) is 5.70. The van der Waals surface area contributed by atoms with E-state index >= 15 is 0 Å². The van der Waals surface area contributed by atoms with E-state index in [4.69, 9.17) is 4.74 Å². The molecule has 12 heteroatoms. The molecule has 0 fully saturated rings. The van der Waals surface area contributed by atoms with Gasteiger partial charge in [0.2, 0.25) is 0 Å². The van der Waals surface area contributed by atoms with Gasteiger partial charge in [0.05, 0.1) is 16.7 Å². The molecule has 2 atom stereocenters. The Hall–Kier alpha value is -3.20. The second kappa shape index (κ2) is 11.5. The van der Waals surface area contributed by atoms with Crippen LogP contribution in [-0.2, 0) is 34.6 Å². The van der Waals surface area contributed by atoms with E-state index in [0.717, 1.165) is 12.1 Å². The molecule has 0 saturated carbocycles. The number of alkyl halides is 9. The van der Waals surface area contributed by atoms with Gasteiger partial charge in [-0.25, -0.2) is 0 Å². The van der Waals surface area contributed by atoms with E-state index < -0.39 is 58.3 Å². The summed E-state index contributed by atoms with van der Waals surface area (Å²) in [6.45, 7) is 6.38. The van der Waals surface area contributed by atoms with Crippen molar-refractivity contribution in [2.24, 2.45) is 5.41 Å². The van der Waals surface area contributed by atoms with Crippen LogP contribution in [0.1, 0.15) is 67.2 Å². The molecule has 0 aromatic heterocycles. The summed E-state index contributed by atoms with van der Waals surface area (Å²) in [5.74, 6) is 5.74. The molecule has 0 aliphatic carbocycles. The smallest absolute Gasteiger partial charge is 0.416 e. The maximum Gasteiger partial charge on any atom is 0.416 e. The number of carbonyl (C=O) groups excluding carboxylic acids is 1. The van der Waals surface area contributed by atoms with Crippen molar-refractivity contribution in [3.63, 3.8) is 0 Å². The van der Waals surface area contributed by atoms with Crippen molar-refractivity contribution in [2.75, 3.05) is 7.05 Å². The Labute approximate surface area is 219 Å². The van der Waals surface area contributed by atoms with Crippen LogP contribution < -0.4 is 0 Å². The summed E-state index contributed by atoms with van der Waals surface area (Å²) < 4.78 is 125. The molecule has 39 heavy (non-hydrogen) atoms. The Morgan fingerprint density at radius 1 is 0.846 bits per heavy atom. The van der Waals surface area contributed by atoms with Gasteiger partial charge in [0.1, 0.15) is 6.10 Å². The zero-order chi connectivity index (χ0) is 30.0. The lowest BCUT2D eigenvalue weighted by Gasteiger charge is -2.32. The van der Waals surface area contributed by atoms with Crippen LogP contribution in [-0.4, -0.2) is 24.5 Å². The molecule has 2 rings (SSSR count). The highest BCUT2D eigenvalue weighted by atomic mass is 19.4. The van der Waals surface area contributed by atoms with Gasteiger partial charge in [0.15, 0.2) is 0 Å². The highest BCUT2D eigenvalue weighted by Gasteiger charge is 2.39. The van der Waals surface area contributed by atoms with Gasteiger partial charge in [-0.3, -0.25) is 9.69 Å². The van der Waals surface area contributed by atoms with Gasteiger partial charge in [-0.15, -0.1) is 0 Å². The quantitative estimate of drug-likeness (QED) is 0.194. The van der Waals surface area contributed by atoms with Crippen LogP contribution in [0.25, 0.3) is 0 Å². The molecule has 2 unspecified atom stereocenters. The number of nitrogens with zero attached hydrogens (tertiary/aromatic N) is 1. The van der Waals surface area contributed by atoms with Crippen molar-refractivity contribution in [1.82, 2.24) is 4.90 Å². The van der Waals surface area contributed by atoms with Crippen LogP contribution in [0, 0.1) is 17.3 Å². The van der Waals surface area contributed by atoms with Crippen molar-refractivity contribution in [3.8, 4) is 11.8 Å². The monoisotopic (exact) mass is 567 g/mol. The third kappa shape index (κ3) is 8.92. The van der Waals surface area contributed by atoms with E-state index in [1.54, 1.807) is 20.8 Å². The van der Waals surface area contributed by atoms with E-state index in [2.05, 4.69) is 11.8 Å². The molecule has 3 nitrogen and oxygen atoms in total. The summed E-state index contributed by atoms with van der Waals surface area (Å²) >= 11 is 0. The lowest BCUT2D eigenvalue weighted by Crippen LogP contribution is -2.35. The predicted molar refractivity (Wildman–Crippen MR) is 125 cm³/mol. The average molecular weight is 567 g/mol. The standard InChI is InChI=1S/C27H26F9NO2/c1-16(23(39-15-38)18-10-21(26(31,32)33)13-22(11-18)27(34,35)36)37(5)14-19-12-20(25(28,29)30)7-6-17(19)8-9-24(2,3)4/h6-7,10-13,15-16,23H,14H2,1-5H3. The Morgan fingerprint density at radius 2 is 1.36 bits per heavy atom. The highest BCUT2D eigenvalue weighted by molar-refractivity contribution is 5.45. The summed E-state index contributed by atoms with van der Waals surface area (Å²) in [6.07, 6.45) is -16.6. The molecule has 0 saturated heterocycles. The number of ether oxygens (including phenoxy) is 1. The van der Waals surface area contributed by atoms with Crippen LogP contribution in [0.2, 0.25) is 0 Å². The first-order valence-electron chi connectivity index (χ1n) is 11.5. The largest absolute Gasteiger partial charge is 0.458 e. The molecule has 0 bridgehead atoms. The second-order valence-electron chi connectivity index (χ2n) is 10.0. The highest BCUT2D eigenvalue weighted by Crippen LogP contribution is 2.39. The summed E-state index contributed by atoms with van der Waals surface area (Å²) in [4.78, 5) is 12.5. The zero-order valence-electron chi connectivity index (χ0n) is 21.6. The molecule has 2 aromatic carbocycles. The van der Waals surface area contributed by atoms with Crippen molar-refractivity contribution < 1.29 is 49.0 Å². The van der Waals surface area contributed by atoms with E-state index in [1.165, 1.54) is 24.9 Å². The van der Waals surface area contributed by atoms with E-state index in [9.17, 15) is 44.3 Å². The van der Waals surface area contributed by atoms with E-state index in [1.807, 2.05) is 0 Å². The minimum Gasteiger partial charge on any atom is -0.458 e. The number of hydrogen-bond acceptors (Lipinski definition) is 3. The topological polar surface area (TPSA) is 29.5 Å². The first kappa shape index (κ1) is 32.0. The number of rotatable bonds is 7. The third-order valence-corrected chi connectivity index (χ3v) is 5.70. The average Bonchev–Trinajstić information content (AvgIpc) is 2.78. The number of hydrogen-bond donors (Lipinski definition) is 0. The van der Waals surface area contributed by atoms with Gasteiger partial charge in [-0.05, 0) is 82.3 Å². The fourth-order valence-electron chi connectivity index (χ4n) is 3.60. The maximum atomic E-state index is 13.4. The molecule has 0 heterocycles. The van der Waals surface area contributed by atoms with Crippen molar-refractivity contribution in [2.45, 2.75) is 64.9 Å². The number of benzene rings is 2. The van der Waals surface area contributed by atoms with Gasteiger partial charge < -0.3 is 4.74 Å². The summed E-state index contributed by atoms with van der Waals surface area (Å²) in [5, 5.41) is 0. The summed E-state index contributed by atoms with van der Waals surface area (Å²) in [6, 6.07) is 2.68. The van der Waals surface area contributed by atoms with Gasteiger partial charge in [-0.1, -0.05) is 11.8 Å². The Kier molecular flexibility index (Phi) is 9.44. The maximum absolute atomic E-state index is 13.4. The predicted octanol–water partition coefficient (Wildman–Crippen LogP) is 7.88. The molecule has 0 N–H and O–H groups in total. The summed E-state index contributed by atoms with van der Waals surface area (Å²) in [5.41, 5.74) is -4.86. The van der Waals surface area contributed by atoms with Crippen molar-refractivity contribution in [1.29, 1.82) is 0 Å². The van der Waals surface area contributed by atoms with Crippen LogP contribution >= 0.6 is 0 Å². The molecule has 0 amide bonds. The Balaban J connectivity index is 2.57. The van der Waals surface area contributed by atoms with E-state index in [-0.39, 0.29) is 30.2 Å². The van der Waals surface area contributed by atoms with Crippen molar-refractivity contribution >= 4 is 6.47 Å². The minimum atomic E-state index is -5.13. The molecule has 0 radical (unpaired) electrons. The van der Waals surface area contributed by atoms with Crippen molar-refractivity contribution in [3.05, 3.63) is 69.8 Å². The number of likely N-dealkylation sites (N-methyl/N-ethyl adjacent to an activating group) is 1. The van der Waals surface area contributed by atoms with Crippen LogP contribution in [0.15, 0.2) is 36.4 Å². The molecular weight excluding hydrogens is 541 g/mol. The fraction of sp³-hybridized carbons (Fsp3) is 0.444. The first-order chi connectivity index (χ1) is 17.6. The number of halogens is 9. The van der Waals surface area contributed by atoms with Gasteiger partial charge >= 0.3 is 18.5 Å². The number of carbonyl (C=O) groups is 1. The Bertz CT molecular complexity index is 1200. The molecule has 214 valence electrons. The molecule has 0 spiro atoms. The lowest BCUT2D eigenvalue weighted by molar-refractivity contribution is -0.143. The second-order valence-corrected chi connectivity index (χ2v) is 10.0. The van der Waals surface area contributed by atoms with Gasteiger partial charge in [0.25, 0.3) is 6.47 Å². The summed E-state index contributed by atoms with van der Waals surface area (Å²) in [7, 11) is 1.38. The van der Waals surface area contributed by atoms with Crippen LogP contribution in [0.3, 0.4) is 0 Å². The molecule has 2 aromatic rings. The molecule has 0 aliphatic heterocycles. The zero-order valence-corrected chi connectivity index (χ0v) is 21.6. The fourth-order valence-corrected chi connectivity index (χ4v) is 3.60. The Morgan fingerprint density at radius 3 is 1.79 bits per heavy atom. The van der Waals surface area contributed by atoms with Gasteiger partial charge in [0, 0.05) is 23.6 Å². The van der Waals surface area contributed by atoms with Gasteiger partial charge in [-0.2, -0.15) is 39.5 Å². The minimum absolute atomic E-state index is 0.0569. The van der Waals surface area contributed by atoms with E-state index in [0.29, 0.717) is 12.1 Å². The molecular formula is C27H26F9NO2. The lowest BCUT2D eigenvalue weighted by atomic mass is 9.95. The van der Waals surface area contributed by atoms with Crippen LogP contribution in [0.5, 0.6) is 0 Å². The molecule has 0 aliphatic rings.